The van der Waals surface area contributed by atoms with Gasteiger partial charge >= 0.3 is 5.97 Å². The Kier molecular flexibility index (Phi) is 2.52. The Hall–Kier alpha value is -0.570. The quantitative estimate of drug-likeness (QED) is 0.730. The molecule has 80 valence electrons. The van der Waals surface area contributed by atoms with Gasteiger partial charge in [-0.15, -0.1) is 0 Å². The van der Waals surface area contributed by atoms with Crippen molar-refractivity contribution in [2.75, 3.05) is 6.54 Å². The molecule has 14 heavy (non-hydrogen) atoms. The fourth-order valence-electron chi connectivity index (χ4n) is 2.79. The molecule has 3 atom stereocenters. The number of carboxylic acids is 1. The summed E-state index contributed by atoms with van der Waals surface area (Å²) in [5.41, 5.74) is 0. The lowest BCUT2D eigenvalue weighted by molar-refractivity contribution is -0.148. The smallest absolute Gasteiger partial charge is 0.308 e. The molecule has 2 aliphatic rings. The van der Waals surface area contributed by atoms with Gasteiger partial charge in [-0.3, -0.25) is 9.69 Å². The zero-order valence-corrected chi connectivity index (χ0v) is 8.94. The van der Waals surface area contributed by atoms with Crippen molar-refractivity contribution in [1.82, 2.24) is 4.90 Å². The SMILES string of the molecule is CC1CCN(C2CC2)C(C)C1C(=O)O. The van der Waals surface area contributed by atoms with Gasteiger partial charge in [0.25, 0.3) is 0 Å². The number of rotatable bonds is 2. The largest absolute Gasteiger partial charge is 0.481 e. The number of hydrogen-bond acceptors (Lipinski definition) is 2. The molecule has 2 rings (SSSR count). The van der Waals surface area contributed by atoms with Gasteiger partial charge in [-0.05, 0) is 38.6 Å². The van der Waals surface area contributed by atoms with Gasteiger partial charge in [0, 0.05) is 12.1 Å². The summed E-state index contributed by atoms with van der Waals surface area (Å²) in [6.07, 6.45) is 3.58. The summed E-state index contributed by atoms with van der Waals surface area (Å²) in [4.78, 5) is 13.5. The number of nitrogens with zero attached hydrogens (tertiary/aromatic N) is 1. The number of piperidine rings is 1. The number of carboxylic acid groups (broad SMARTS) is 1. The summed E-state index contributed by atoms with van der Waals surface area (Å²) in [5, 5.41) is 9.17. The predicted octanol–water partition coefficient (Wildman–Crippen LogP) is 1.58. The molecule has 0 bridgehead atoms. The molecule has 1 aliphatic carbocycles. The van der Waals surface area contributed by atoms with Crippen molar-refractivity contribution < 1.29 is 9.90 Å². The number of carbonyl (C=O) groups is 1. The molecule has 3 heteroatoms. The van der Waals surface area contributed by atoms with Crippen LogP contribution in [-0.2, 0) is 4.79 Å². The highest BCUT2D eigenvalue weighted by Crippen LogP contribution is 2.37. The number of aliphatic carboxylic acids is 1. The highest BCUT2D eigenvalue weighted by atomic mass is 16.4. The second-order valence-corrected chi connectivity index (χ2v) is 4.84. The molecular weight excluding hydrogens is 178 g/mol. The Morgan fingerprint density at radius 2 is 1.93 bits per heavy atom. The standard InChI is InChI=1S/C11H19NO2/c1-7-5-6-12(9-3-4-9)8(2)10(7)11(13)14/h7-10H,3-6H2,1-2H3,(H,13,14). The van der Waals surface area contributed by atoms with Crippen molar-refractivity contribution in [2.24, 2.45) is 11.8 Å². The maximum atomic E-state index is 11.1. The van der Waals surface area contributed by atoms with Crippen molar-refractivity contribution in [3.05, 3.63) is 0 Å². The van der Waals surface area contributed by atoms with Gasteiger partial charge in [-0.1, -0.05) is 6.92 Å². The number of hydrogen-bond donors (Lipinski definition) is 1. The van der Waals surface area contributed by atoms with Crippen LogP contribution in [0.3, 0.4) is 0 Å². The normalized spacial score (nSPS) is 39.7. The van der Waals surface area contributed by atoms with Crippen molar-refractivity contribution in [1.29, 1.82) is 0 Å². The summed E-state index contributed by atoms with van der Waals surface area (Å²) in [5.74, 6) is -0.447. The van der Waals surface area contributed by atoms with E-state index in [9.17, 15) is 9.90 Å². The molecule has 3 nitrogen and oxygen atoms in total. The third kappa shape index (κ3) is 1.65. The maximum absolute atomic E-state index is 11.1. The van der Waals surface area contributed by atoms with E-state index in [1.165, 1.54) is 12.8 Å². The minimum Gasteiger partial charge on any atom is -0.481 e. The second-order valence-electron chi connectivity index (χ2n) is 4.84. The van der Waals surface area contributed by atoms with E-state index >= 15 is 0 Å². The van der Waals surface area contributed by atoms with Gasteiger partial charge in [-0.25, -0.2) is 0 Å². The van der Waals surface area contributed by atoms with Crippen molar-refractivity contribution in [3.8, 4) is 0 Å². The van der Waals surface area contributed by atoms with Gasteiger partial charge in [-0.2, -0.15) is 0 Å². The molecule has 0 spiro atoms. The summed E-state index contributed by atoms with van der Waals surface area (Å²) >= 11 is 0. The summed E-state index contributed by atoms with van der Waals surface area (Å²) in [7, 11) is 0. The highest BCUT2D eigenvalue weighted by Gasteiger charge is 2.42. The zero-order chi connectivity index (χ0) is 10.3. The minimum atomic E-state index is -0.615. The Balaban J connectivity index is 2.08. The van der Waals surface area contributed by atoms with E-state index in [0.717, 1.165) is 13.0 Å². The van der Waals surface area contributed by atoms with Gasteiger partial charge in [0.2, 0.25) is 0 Å². The maximum Gasteiger partial charge on any atom is 0.308 e. The topological polar surface area (TPSA) is 40.5 Å². The van der Waals surface area contributed by atoms with E-state index in [-0.39, 0.29) is 12.0 Å². The molecule has 0 amide bonds. The van der Waals surface area contributed by atoms with Crippen LogP contribution in [0.1, 0.15) is 33.1 Å². The molecule has 0 aromatic carbocycles. The van der Waals surface area contributed by atoms with Crippen molar-refractivity contribution >= 4 is 5.97 Å². The monoisotopic (exact) mass is 197 g/mol. The molecule has 2 fully saturated rings. The van der Waals surface area contributed by atoms with Crippen LogP contribution in [0, 0.1) is 11.8 Å². The van der Waals surface area contributed by atoms with E-state index in [2.05, 4.69) is 18.7 Å². The van der Waals surface area contributed by atoms with Gasteiger partial charge in [0.1, 0.15) is 0 Å². The fraction of sp³-hybridized carbons (Fsp3) is 0.909. The molecule has 3 unspecified atom stereocenters. The summed E-state index contributed by atoms with van der Waals surface area (Å²) in [6.45, 7) is 5.24. The van der Waals surface area contributed by atoms with Crippen LogP contribution in [0.25, 0.3) is 0 Å². The summed E-state index contributed by atoms with van der Waals surface area (Å²) < 4.78 is 0. The average molecular weight is 197 g/mol. The Labute approximate surface area is 85.1 Å². The van der Waals surface area contributed by atoms with Crippen LogP contribution in [-0.4, -0.2) is 34.6 Å². The number of likely N-dealkylation sites (tertiary alicyclic amines) is 1. The van der Waals surface area contributed by atoms with Crippen molar-refractivity contribution in [2.45, 2.75) is 45.2 Å². The minimum absolute atomic E-state index is 0.163. The first-order chi connectivity index (χ1) is 6.61. The van der Waals surface area contributed by atoms with Crippen LogP contribution in [0.4, 0.5) is 0 Å². The van der Waals surface area contributed by atoms with Crippen LogP contribution >= 0.6 is 0 Å². The Bertz CT molecular complexity index is 237. The molecule has 0 aromatic rings. The van der Waals surface area contributed by atoms with Gasteiger partial charge in [0.05, 0.1) is 5.92 Å². The first-order valence-electron chi connectivity index (χ1n) is 5.60. The van der Waals surface area contributed by atoms with Crippen molar-refractivity contribution in [3.63, 3.8) is 0 Å². The fourth-order valence-corrected chi connectivity index (χ4v) is 2.79. The Morgan fingerprint density at radius 1 is 1.29 bits per heavy atom. The third-order valence-corrected chi connectivity index (χ3v) is 3.80. The molecule has 1 saturated carbocycles. The van der Waals surface area contributed by atoms with Crippen LogP contribution in [0.15, 0.2) is 0 Å². The molecule has 1 N–H and O–H groups in total. The van der Waals surface area contributed by atoms with Crippen LogP contribution < -0.4 is 0 Å². The molecule has 1 saturated heterocycles. The molecular formula is C11H19NO2. The predicted molar refractivity (Wildman–Crippen MR) is 54.1 cm³/mol. The third-order valence-electron chi connectivity index (χ3n) is 3.80. The first-order valence-corrected chi connectivity index (χ1v) is 5.60. The van der Waals surface area contributed by atoms with Crippen LogP contribution in [0.5, 0.6) is 0 Å². The molecule has 0 aromatic heterocycles. The highest BCUT2D eigenvalue weighted by molar-refractivity contribution is 5.71. The van der Waals surface area contributed by atoms with Gasteiger partial charge in [0.15, 0.2) is 0 Å². The van der Waals surface area contributed by atoms with E-state index in [1.54, 1.807) is 0 Å². The first kappa shape index (κ1) is 9.97. The lowest BCUT2D eigenvalue weighted by Crippen LogP contribution is -2.50. The zero-order valence-electron chi connectivity index (χ0n) is 8.94. The Morgan fingerprint density at radius 3 is 2.43 bits per heavy atom. The molecule has 0 radical (unpaired) electrons. The van der Waals surface area contributed by atoms with E-state index in [1.807, 2.05) is 0 Å². The van der Waals surface area contributed by atoms with E-state index < -0.39 is 5.97 Å². The molecule has 1 heterocycles. The van der Waals surface area contributed by atoms with Crippen LogP contribution in [0.2, 0.25) is 0 Å². The summed E-state index contributed by atoms with van der Waals surface area (Å²) in [6, 6.07) is 0.920. The lowest BCUT2D eigenvalue weighted by atomic mass is 9.81. The second kappa shape index (κ2) is 3.54. The average Bonchev–Trinajstić information content (AvgIpc) is 2.86. The van der Waals surface area contributed by atoms with E-state index in [4.69, 9.17) is 0 Å². The van der Waals surface area contributed by atoms with Gasteiger partial charge < -0.3 is 5.11 Å². The lowest BCUT2D eigenvalue weighted by Gasteiger charge is -2.41. The molecule has 1 aliphatic heterocycles. The van der Waals surface area contributed by atoms with E-state index in [0.29, 0.717) is 12.0 Å².